The second kappa shape index (κ2) is 6.87. The highest BCUT2D eigenvalue weighted by Crippen LogP contribution is 2.42. The number of rotatable bonds is 3. The van der Waals surface area contributed by atoms with Crippen LogP contribution in [0, 0.1) is 24.0 Å². The fraction of sp³-hybridized carbons (Fsp3) is 0.450. The van der Waals surface area contributed by atoms with Gasteiger partial charge in [-0.15, -0.1) is 0 Å². The maximum Gasteiger partial charge on any atom is 0.223 e. The van der Waals surface area contributed by atoms with Gasteiger partial charge in [-0.05, 0) is 43.5 Å². The maximum absolute atomic E-state index is 13.4. The fourth-order valence-corrected chi connectivity index (χ4v) is 4.21. The molecule has 2 aliphatic heterocycles. The van der Waals surface area contributed by atoms with Crippen LogP contribution in [-0.4, -0.2) is 40.4 Å². The second-order valence-corrected chi connectivity index (χ2v) is 7.65. The first-order valence-corrected chi connectivity index (χ1v) is 9.20. The molecular formula is C20H22F2N4O. The first kappa shape index (κ1) is 17.8. The van der Waals surface area contributed by atoms with Crippen LogP contribution < -0.4 is 4.90 Å². The van der Waals surface area contributed by atoms with Gasteiger partial charge < -0.3 is 9.80 Å². The lowest BCUT2D eigenvalue weighted by Gasteiger charge is -2.39. The van der Waals surface area contributed by atoms with Gasteiger partial charge in [-0.1, -0.05) is 0 Å². The molecule has 1 amide bonds. The summed E-state index contributed by atoms with van der Waals surface area (Å²) in [6, 6.07) is 5.35. The van der Waals surface area contributed by atoms with Crippen molar-refractivity contribution in [1.82, 2.24) is 14.9 Å². The summed E-state index contributed by atoms with van der Waals surface area (Å²) >= 11 is 0. The van der Waals surface area contributed by atoms with Crippen molar-refractivity contribution in [1.29, 1.82) is 0 Å². The first-order valence-electron chi connectivity index (χ1n) is 9.20. The van der Waals surface area contributed by atoms with Crippen molar-refractivity contribution in [3.63, 3.8) is 0 Å². The van der Waals surface area contributed by atoms with Crippen molar-refractivity contribution in [2.24, 2.45) is 5.41 Å². The van der Waals surface area contributed by atoms with E-state index >= 15 is 0 Å². The minimum Gasteiger partial charge on any atom is -0.356 e. The van der Waals surface area contributed by atoms with E-state index in [4.69, 9.17) is 0 Å². The Morgan fingerprint density at radius 2 is 1.85 bits per heavy atom. The molecular weight excluding hydrogens is 350 g/mol. The fourth-order valence-electron chi connectivity index (χ4n) is 4.21. The summed E-state index contributed by atoms with van der Waals surface area (Å²) in [7, 11) is 0. The lowest BCUT2D eigenvalue weighted by Crippen LogP contribution is -2.42. The lowest BCUT2D eigenvalue weighted by molar-refractivity contribution is -0.128. The second-order valence-electron chi connectivity index (χ2n) is 7.65. The lowest BCUT2D eigenvalue weighted by atomic mass is 9.77. The van der Waals surface area contributed by atoms with Crippen molar-refractivity contribution in [3.05, 3.63) is 53.5 Å². The number of piperidine rings is 1. The summed E-state index contributed by atoms with van der Waals surface area (Å²) in [5.41, 5.74) is 0.438. The normalized spacial score (nSPS) is 19.1. The van der Waals surface area contributed by atoms with Crippen LogP contribution in [0.3, 0.4) is 0 Å². The molecule has 1 aromatic heterocycles. The molecule has 7 heteroatoms. The van der Waals surface area contributed by atoms with E-state index in [0.29, 0.717) is 18.5 Å². The molecule has 142 valence electrons. The number of benzene rings is 1. The van der Waals surface area contributed by atoms with E-state index < -0.39 is 11.6 Å². The maximum atomic E-state index is 13.4. The van der Waals surface area contributed by atoms with Crippen molar-refractivity contribution in [2.45, 2.75) is 32.7 Å². The van der Waals surface area contributed by atoms with Gasteiger partial charge in [-0.2, -0.15) is 0 Å². The molecule has 0 saturated carbocycles. The van der Waals surface area contributed by atoms with Crippen LogP contribution in [0.25, 0.3) is 0 Å². The van der Waals surface area contributed by atoms with Crippen molar-refractivity contribution in [2.75, 3.05) is 24.5 Å². The molecule has 0 atom stereocenters. The van der Waals surface area contributed by atoms with Crippen molar-refractivity contribution < 1.29 is 13.6 Å². The van der Waals surface area contributed by atoms with Crippen LogP contribution in [0.2, 0.25) is 0 Å². The quantitative estimate of drug-likeness (QED) is 0.831. The van der Waals surface area contributed by atoms with Gasteiger partial charge >= 0.3 is 0 Å². The Balaban J connectivity index is 1.42. The van der Waals surface area contributed by atoms with Crippen molar-refractivity contribution in [3.8, 4) is 0 Å². The minimum absolute atomic E-state index is 0.0540. The van der Waals surface area contributed by atoms with Gasteiger partial charge in [0.1, 0.15) is 23.3 Å². The van der Waals surface area contributed by atoms with Crippen molar-refractivity contribution >= 4 is 11.7 Å². The molecule has 4 rings (SSSR count). The number of anilines is 1. The highest BCUT2D eigenvalue weighted by atomic mass is 19.1. The van der Waals surface area contributed by atoms with Gasteiger partial charge in [-0.3, -0.25) is 4.79 Å². The SMILES string of the molecule is Cc1nccc(N2CCC3(CC2)CC(=O)N(Cc2cc(F)cc(F)c2)C3)n1. The molecule has 27 heavy (non-hydrogen) atoms. The van der Waals surface area contributed by atoms with Gasteiger partial charge in [0.25, 0.3) is 0 Å². The monoisotopic (exact) mass is 372 g/mol. The molecule has 1 aromatic carbocycles. The third-order valence-electron chi connectivity index (χ3n) is 5.61. The molecule has 3 heterocycles. The Labute approximate surface area is 157 Å². The predicted octanol–water partition coefficient (Wildman–Crippen LogP) is 3.08. The largest absolute Gasteiger partial charge is 0.356 e. The van der Waals surface area contributed by atoms with E-state index in [9.17, 15) is 13.6 Å². The van der Waals surface area contributed by atoms with Crippen LogP contribution >= 0.6 is 0 Å². The van der Waals surface area contributed by atoms with E-state index in [1.54, 1.807) is 11.1 Å². The number of hydrogen-bond acceptors (Lipinski definition) is 4. The van der Waals surface area contributed by atoms with Gasteiger partial charge in [0.15, 0.2) is 0 Å². The Hall–Kier alpha value is -2.57. The summed E-state index contributed by atoms with van der Waals surface area (Å²) in [5.74, 6) is 0.511. The van der Waals surface area contributed by atoms with Crippen LogP contribution in [0.4, 0.5) is 14.6 Å². The molecule has 1 spiro atoms. The molecule has 2 saturated heterocycles. The topological polar surface area (TPSA) is 49.3 Å². The first-order chi connectivity index (χ1) is 12.9. The summed E-state index contributed by atoms with van der Waals surface area (Å²) < 4.78 is 26.8. The standard InChI is InChI=1S/C20H22F2N4O/c1-14-23-5-2-18(24-14)25-6-3-20(4-7-25)11-19(27)26(13-20)12-15-8-16(21)10-17(22)9-15/h2,5,8-10H,3-4,6-7,11-13H2,1H3. The Kier molecular flexibility index (Phi) is 4.53. The molecule has 0 unspecified atom stereocenters. The zero-order valence-electron chi connectivity index (χ0n) is 15.3. The molecule has 5 nitrogen and oxygen atoms in total. The number of amides is 1. The van der Waals surface area contributed by atoms with Crippen LogP contribution in [-0.2, 0) is 11.3 Å². The zero-order valence-corrected chi connectivity index (χ0v) is 15.3. The van der Waals surface area contributed by atoms with Gasteiger partial charge in [-0.25, -0.2) is 18.7 Å². The number of likely N-dealkylation sites (tertiary alicyclic amines) is 1. The minimum atomic E-state index is -0.611. The van der Waals surface area contributed by atoms with Crippen LogP contribution in [0.15, 0.2) is 30.5 Å². The molecule has 2 aliphatic rings. The number of halogens is 2. The summed E-state index contributed by atoms with van der Waals surface area (Å²) in [4.78, 5) is 25.1. The van der Waals surface area contributed by atoms with E-state index in [1.165, 1.54) is 12.1 Å². The average Bonchev–Trinajstić information content (AvgIpc) is 2.89. The number of carbonyl (C=O) groups excluding carboxylic acids is 1. The summed E-state index contributed by atoms with van der Waals surface area (Å²) in [5, 5.41) is 0. The van der Waals surface area contributed by atoms with Gasteiger partial charge in [0.05, 0.1) is 0 Å². The molecule has 0 aliphatic carbocycles. The van der Waals surface area contributed by atoms with Crippen LogP contribution in [0.5, 0.6) is 0 Å². The predicted molar refractivity (Wildman–Crippen MR) is 97.0 cm³/mol. The number of nitrogens with zero attached hydrogens (tertiary/aromatic N) is 4. The van der Waals surface area contributed by atoms with Gasteiger partial charge in [0.2, 0.25) is 5.91 Å². The van der Waals surface area contributed by atoms with E-state index in [-0.39, 0.29) is 17.9 Å². The number of hydrogen-bond donors (Lipinski definition) is 0. The summed E-state index contributed by atoms with van der Waals surface area (Å²) in [6.07, 6.45) is 4.06. The smallest absolute Gasteiger partial charge is 0.223 e. The Morgan fingerprint density at radius 1 is 1.15 bits per heavy atom. The highest BCUT2D eigenvalue weighted by molar-refractivity contribution is 5.79. The third kappa shape index (κ3) is 3.77. The van der Waals surface area contributed by atoms with E-state index in [2.05, 4.69) is 14.9 Å². The van der Waals surface area contributed by atoms with E-state index in [0.717, 1.165) is 43.6 Å². The molecule has 0 radical (unpaired) electrons. The average molecular weight is 372 g/mol. The molecule has 0 N–H and O–H groups in total. The van der Waals surface area contributed by atoms with E-state index in [1.807, 2.05) is 13.0 Å². The summed E-state index contributed by atoms with van der Waals surface area (Å²) in [6.45, 7) is 4.45. The molecule has 2 fully saturated rings. The Morgan fingerprint density at radius 3 is 2.52 bits per heavy atom. The molecule has 0 bridgehead atoms. The van der Waals surface area contributed by atoms with Crippen LogP contribution in [0.1, 0.15) is 30.7 Å². The number of aryl methyl sites for hydroxylation is 1. The molecule has 2 aromatic rings. The number of carbonyl (C=O) groups is 1. The highest BCUT2D eigenvalue weighted by Gasteiger charge is 2.44. The Bertz CT molecular complexity index is 845. The third-order valence-corrected chi connectivity index (χ3v) is 5.61. The number of aromatic nitrogens is 2. The zero-order chi connectivity index (χ0) is 19.0. The van der Waals surface area contributed by atoms with Gasteiger partial charge in [0, 0.05) is 50.3 Å².